The lowest BCUT2D eigenvalue weighted by Gasteiger charge is -2.42. The number of nitrogens with one attached hydrogen (secondary N) is 2. The standard InChI is InChI=1S/C15H23N5O5/c1-3-5-11-14(20(24)25)13(18-17-11)15(23)16-9-6-10(7-9)19(4-2)8-12(21)22/h9-10H,3-8H2,1-2H3,(H,16,23)(H,17,18)(H,21,22). The van der Waals surface area contributed by atoms with E-state index >= 15 is 0 Å². The zero-order valence-electron chi connectivity index (χ0n) is 14.3. The van der Waals surface area contributed by atoms with Crippen LogP contribution in [0.2, 0.25) is 0 Å². The SMILES string of the molecule is CCCc1[nH]nc(C(=O)NC2CC(N(CC)CC(=O)O)C2)c1[N+](=O)[O-]. The van der Waals surface area contributed by atoms with Crippen molar-refractivity contribution in [1.82, 2.24) is 20.4 Å². The van der Waals surface area contributed by atoms with Gasteiger partial charge in [-0.25, -0.2) is 0 Å². The summed E-state index contributed by atoms with van der Waals surface area (Å²) < 4.78 is 0. The summed E-state index contributed by atoms with van der Waals surface area (Å²) in [7, 11) is 0. The van der Waals surface area contributed by atoms with Crippen molar-refractivity contribution in [3.63, 3.8) is 0 Å². The smallest absolute Gasteiger partial charge is 0.322 e. The minimum atomic E-state index is -0.884. The van der Waals surface area contributed by atoms with Crippen molar-refractivity contribution in [1.29, 1.82) is 0 Å². The molecule has 0 spiro atoms. The van der Waals surface area contributed by atoms with Crippen molar-refractivity contribution in [2.24, 2.45) is 0 Å². The molecule has 0 aliphatic heterocycles. The van der Waals surface area contributed by atoms with Gasteiger partial charge in [0.05, 0.1) is 11.5 Å². The van der Waals surface area contributed by atoms with Crippen LogP contribution in [0.25, 0.3) is 0 Å². The van der Waals surface area contributed by atoms with E-state index in [0.29, 0.717) is 37.9 Å². The van der Waals surface area contributed by atoms with E-state index in [0.717, 1.165) is 0 Å². The maximum atomic E-state index is 12.3. The van der Waals surface area contributed by atoms with Crippen LogP contribution in [-0.4, -0.2) is 62.2 Å². The van der Waals surface area contributed by atoms with Gasteiger partial charge in [-0.2, -0.15) is 5.10 Å². The van der Waals surface area contributed by atoms with Crippen LogP contribution in [-0.2, 0) is 11.2 Å². The molecular weight excluding hydrogens is 330 g/mol. The molecule has 10 heteroatoms. The van der Waals surface area contributed by atoms with Crippen LogP contribution < -0.4 is 5.32 Å². The number of hydrogen-bond acceptors (Lipinski definition) is 6. The van der Waals surface area contributed by atoms with Crippen molar-refractivity contribution in [3.8, 4) is 0 Å². The Morgan fingerprint density at radius 2 is 2.12 bits per heavy atom. The van der Waals surface area contributed by atoms with Crippen LogP contribution in [0.15, 0.2) is 0 Å². The van der Waals surface area contributed by atoms with Crippen LogP contribution >= 0.6 is 0 Å². The lowest BCUT2D eigenvalue weighted by atomic mass is 9.85. The monoisotopic (exact) mass is 353 g/mol. The van der Waals surface area contributed by atoms with E-state index in [1.165, 1.54) is 0 Å². The average Bonchev–Trinajstić information content (AvgIpc) is 2.92. The van der Waals surface area contributed by atoms with Crippen LogP contribution in [0.1, 0.15) is 49.3 Å². The van der Waals surface area contributed by atoms with Crippen molar-refractivity contribution >= 4 is 17.6 Å². The van der Waals surface area contributed by atoms with Gasteiger partial charge in [0.25, 0.3) is 5.91 Å². The van der Waals surface area contributed by atoms with Crippen LogP contribution in [0.3, 0.4) is 0 Å². The minimum absolute atomic E-state index is 0.0347. The summed E-state index contributed by atoms with van der Waals surface area (Å²) in [4.78, 5) is 35.6. The fraction of sp³-hybridized carbons (Fsp3) is 0.667. The number of H-pyrrole nitrogens is 1. The van der Waals surface area contributed by atoms with Gasteiger partial charge in [0, 0.05) is 12.1 Å². The molecule has 3 N–H and O–H groups in total. The third-order valence-corrected chi connectivity index (χ3v) is 4.42. The van der Waals surface area contributed by atoms with Gasteiger partial charge >= 0.3 is 11.7 Å². The molecule has 2 rings (SSSR count). The van der Waals surface area contributed by atoms with E-state index in [9.17, 15) is 19.7 Å². The van der Waals surface area contributed by atoms with E-state index in [4.69, 9.17) is 5.11 Å². The normalized spacial score (nSPS) is 19.5. The van der Waals surface area contributed by atoms with Gasteiger partial charge in [-0.05, 0) is 25.8 Å². The Balaban J connectivity index is 1.96. The third-order valence-electron chi connectivity index (χ3n) is 4.42. The predicted molar refractivity (Wildman–Crippen MR) is 88.4 cm³/mol. The summed E-state index contributed by atoms with van der Waals surface area (Å²) in [5.74, 6) is -1.46. The zero-order chi connectivity index (χ0) is 18.6. The van der Waals surface area contributed by atoms with E-state index < -0.39 is 16.8 Å². The highest BCUT2D eigenvalue weighted by molar-refractivity contribution is 5.96. The lowest BCUT2D eigenvalue weighted by molar-refractivity contribution is -0.385. The average molecular weight is 353 g/mol. The number of rotatable bonds is 9. The second-order valence-electron chi connectivity index (χ2n) is 6.16. The zero-order valence-corrected chi connectivity index (χ0v) is 14.3. The first kappa shape index (κ1) is 18.8. The van der Waals surface area contributed by atoms with Crippen LogP contribution in [0.5, 0.6) is 0 Å². The van der Waals surface area contributed by atoms with Gasteiger partial charge in [0.2, 0.25) is 5.69 Å². The summed E-state index contributed by atoms with van der Waals surface area (Å²) in [6.07, 6.45) is 2.38. The summed E-state index contributed by atoms with van der Waals surface area (Å²) >= 11 is 0. The number of hydrogen-bond donors (Lipinski definition) is 3. The van der Waals surface area contributed by atoms with E-state index in [1.807, 2.05) is 18.7 Å². The number of carboxylic acid groups (broad SMARTS) is 1. The molecule has 138 valence electrons. The Labute approximate surface area is 144 Å². The quantitative estimate of drug-likeness (QED) is 0.443. The number of likely N-dealkylation sites (N-methyl/N-ethyl adjacent to an activating group) is 1. The van der Waals surface area contributed by atoms with E-state index in [1.54, 1.807) is 0 Å². The predicted octanol–water partition coefficient (Wildman–Crippen LogP) is 0.938. The first-order chi connectivity index (χ1) is 11.9. The van der Waals surface area contributed by atoms with Crippen molar-refractivity contribution < 1.29 is 19.6 Å². The maximum Gasteiger partial charge on any atom is 0.322 e. The highest BCUT2D eigenvalue weighted by Gasteiger charge is 2.37. The number of carbonyl (C=O) groups is 2. The maximum absolute atomic E-state index is 12.3. The highest BCUT2D eigenvalue weighted by Crippen LogP contribution is 2.27. The lowest BCUT2D eigenvalue weighted by Crippen LogP contribution is -2.54. The first-order valence-electron chi connectivity index (χ1n) is 8.35. The first-order valence-corrected chi connectivity index (χ1v) is 8.35. The van der Waals surface area contributed by atoms with Gasteiger partial charge < -0.3 is 10.4 Å². The summed E-state index contributed by atoms with van der Waals surface area (Å²) in [5, 5.41) is 29.3. The number of nitro groups is 1. The van der Waals surface area contributed by atoms with Crippen LogP contribution in [0, 0.1) is 10.1 Å². The number of nitrogens with zero attached hydrogens (tertiary/aromatic N) is 3. The fourth-order valence-electron chi connectivity index (χ4n) is 3.08. The topological polar surface area (TPSA) is 141 Å². The second kappa shape index (κ2) is 8.06. The molecule has 1 amide bonds. The van der Waals surface area contributed by atoms with Gasteiger partial charge in [-0.1, -0.05) is 20.3 Å². The van der Waals surface area contributed by atoms with Gasteiger partial charge in [0.1, 0.15) is 5.69 Å². The molecule has 0 unspecified atom stereocenters. The molecule has 1 fully saturated rings. The summed E-state index contributed by atoms with van der Waals surface area (Å²) in [6, 6.07) is -0.0394. The molecule has 0 atom stereocenters. The minimum Gasteiger partial charge on any atom is -0.480 e. The number of carbonyl (C=O) groups excluding carboxylic acids is 1. The van der Waals surface area contributed by atoms with Crippen molar-refractivity contribution in [3.05, 3.63) is 21.5 Å². The van der Waals surface area contributed by atoms with Crippen LogP contribution in [0.4, 0.5) is 5.69 Å². The number of aryl methyl sites for hydroxylation is 1. The molecule has 0 saturated heterocycles. The van der Waals surface area contributed by atoms with E-state index in [2.05, 4.69) is 15.5 Å². The van der Waals surface area contributed by atoms with E-state index in [-0.39, 0.29) is 30.0 Å². The Bertz CT molecular complexity index is 653. The highest BCUT2D eigenvalue weighted by atomic mass is 16.6. The molecule has 1 aromatic heterocycles. The van der Waals surface area contributed by atoms with Gasteiger partial charge in [-0.15, -0.1) is 0 Å². The molecule has 1 saturated carbocycles. The Morgan fingerprint density at radius 1 is 1.44 bits per heavy atom. The molecular formula is C15H23N5O5. The molecule has 1 aromatic rings. The number of aromatic amines is 1. The summed E-state index contributed by atoms with van der Waals surface area (Å²) in [5.41, 5.74) is -0.117. The third kappa shape index (κ3) is 4.32. The second-order valence-corrected chi connectivity index (χ2v) is 6.16. The number of aliphatic carboxylic acids is 1. The molecule has 0 bridgehead atoms. The Morgan fingerprint density at radius 3 is 2.64 bits per heavy atom. The molecule has 1 aliphatic carbocycles. The fourth-order valence-corrected chi connectivity index (χ4v) is 3.08. The van der Waals surface area contributed by atoms with Crippen molar-refractivity contribution in [2.75, 3.05) is 13.1 Å². The molecule has 1 aliphatic rings. The molecule has 25 heavy (non-hydrogen) atoms. The number of aromatic nitrogens is 2. The van der Waals surface area contributed by atoms with Gasteiger partial charge in [0.15, 0.2) is 0 Å². The largest absolute Gasteiger partial charge is 0.480 e. The van der Waals surface area contributed by atoms with Gasteiger partial charge in [-0.3, -0.25) is 29.7 Å². The molecule has 0 radical (unpaired) electrons. The molecule has 1 heterocycles. The van der Waals surface area contributed by atoms with Crippen molar-refractivity contribution in [2.45, 2.75) is 51.6 Å². The molecule has 10 nitrogen and oxygen atoms in total. The summed E-state index contributed by atoms with van der Waals surface area (Å²) in [6.45, 7) is 4.35. The Kier molecular flexibility index (Phi) is 6.07. The Hall–Kier alpha value is -2.49. The number of amides is 1. The number of carboxylic acids is 1. The molecule has 0 aromatic carbocycles.